The van der Waals surface area contributed by atoms with E-state index in [0.29, 0.717) is 6.04 Å². The highest BCUT2D eigenvalue weighted by atomic mass is 16.5. The molecule has 1 aromatic rings. The van der Waals surface area contributed by atoms with E-state index in [4.69, 9.17) is 4.74 Å². The first kappa shape index (κ1) is 16.3. The van der Waals surface area contributed by atoms with Crippen LogP contribution in [0, 0.1) is 5.92 Å². The van der Waals surface area contributed by atoms with Gasteiger partial charge in [0.1, 0.15) is 5.75 Å². The van der Waals surface area contributed by atoms with Gasteiger partial charge in [0.2, 0.25) is 0 Å². The van der Waals surface area contributed by atoms with Crippen molar-refractivity contribution in [3.63, 3.8) is 0 Å². The van der Waals surface area contributed by atoms with Crippen molar-refractivity contribution in [3.8, 4) is 5.75 Å². The van der Waals surface area contributed by atoms with Crippen molar-refractivity contribution in [2.24, 2.45) is 5.92 Å². The van der Waals surface area contributed by atoms with Crippen molar-refractivity contribution in [3.05, 3.63) is 29.8 Å². The Morgan fingerprint density at radius 2 is 2.10 bits per heavy atom. The summed E-state index contributed by atoms with van der Waals surface area (Å²) in [4.78, 5) is 2.61. The monoisotopic (exact) mass is 290 g/mol. The molecule has 0 aromatic heterocycles. The molecule has 1 fully saturated rings. The van der Waals surface area contributed by atoms with E-state index in [2.05, 4.69) is 42.3 Å². The molecule has 21 heavy (non-hydrogen) atoms. The summed E-state index contributed by atoms with van der Waals surface area (Å²) in [6.07, 6.45) is 3.96. The van der Waals surface area contributed by atoms with Gasteiger partial charge in [0, 0.05) is 6.04 Å². The molecular weight excluding hydrogens is 260 g/mol. The summed E-state index contributed by atoms with van der Waals surface area (Å²) in [6.45, 7) is 9.46. The first-order valence-corrected chi connectivity index (χ1v) is 8.28. The van der Waals surface area contributed by atoms with E-state index in [1.165, 1.54) is 44.5 Å². The summed E-state index contributed by atoms with van der Waals surface area (Å²) in [6, 6.07) is 8.70. The molecule has 1 aliphatic heterocycles. The Hall–Kier alpha value is -1.06. The second-order valence-electron chi connectivity index (χ2n) is 6.33. The molecule has 0 amide bonds. The summed E-state index contributed by atoms with van der Waals surface area (Å²) < 4.78 is 5.28. The molecule has 0 bridgehead atoms. The molecule has 0 radical (unpaired) electrons. The van der Waals surface area contributed by atoms with Gasteiger partial charge in [0.15, 0.2) is 0 Å². The molecule has 0 aliphatic carbocycles. The molecule has 3 nitrogen and oxygen atoms in total. The first-order valence-electron chi connectivity index (χ1n) is 8.28. The van der Waals surface area contributed by atoms with E-state index in [1.807, 2.05) is 6.07 Å². The molecule has 0 spiro atoms. The average Bonchev–Trinajstić information content (AvgIpc) is 2.53. The molecule has 118 valence electrons. The van der Waals surface area contributed by atoms with E-state index >= 15 is 0 Å². The van der Waals surface area contributed by atoms with Crippen molar-refractivity contribution < 1.29 is 4.74 Å². The maximum Gasteiger partial charge on any atom is 0.119 e. The third-order valence-corrected chi connectivity index (χ3v) is 4.57. The van der Waals surface area contributed by atoms with Gasteiger partial charge in [-0.05, 0) is 76.0 Å². The van der Waals surface area contributed by atoms with Crippen molar-refractivity contribution >= 4 is 0 Å². The summed E-state index contributed by atoms with van der Waals surface area (Å²) in [5, 5.41) is 3.62. The zero-order valence-corrected chi connectivity index (χ0v) is 13.8. The molecule has 3 heteroatoms. The number of nitrogens with zero attached hydrogens (tertiary/aromatic N) is 1. The first-order chi connectivity index (χ1) is 10.2. The third kappa shape index (κ3) is 5.33. The minimum atomic E-state index is 0.376. The quantitative estimate of drug-likeness (QED) is 0.778. The van der Waals surface area contributed by atoms with Gasteiger partial charge in [-0.25, -0.2) is 0 Å². The van der Waals surface area contributed by atoms with Crippen LogP contribution < -0.4 is 10.1 Å². The zero-order chi connectivity index (χ0) is 15.1. The number of methoxy groups -OCH3 is 1. The SMILES string of the molecule is COc1cccc(C(C)NCCCN2CCC(C)CC2)c1. The van der Waals surface area contributed by atoms with Crippen molar-refractivity contribution in [1.29, 1.82) is 0 Å². The fourth-order valence-electron chi connectivity index (χ4n) is 2.94. The second kappa shape index (κ2) is 8.40. The number of piperidine rings is 1. The Balaban J connectivity index is 1.66. The fourth-order valence-corrected chi connectivity index (χ4v) is 2.94. The number of ether oxygens (including phenoxy) is 1. The van der Waals surface area contributed by atoms with Crippen LogP contribution in [0.5, 0.6) is 5.75 Å². The molecule has 2 rings (SSSR count). The second-order valence-corrected chi connectivity index (χ2v) is 6.33. The maximum absolute atomic E-state index is 5.28. The lowest BCUT2D eigenvalue weighted by Gasteiger charge is -2.30. The number of nitrogens with one attached hydrogen (secondary N) is 1. The lowest BCUT2D eigenvalue weighted by atomic mass is 9.99. The van der Waals surface area contributed by atoms with Crippen molar-refractivity contribution in [2.75, 3.05) is 33.3 Å². The molecule has 1 N–H and O–H groups in total. The predicted molar refractivity (Wildman–Crippen MR) is 88.9 cm³/mol. The van der Waals surface area contributed by atoms with Crippen LogP contribution in [0.2, 0.25) is 0 Å². The highest BCUT2D eigenvalue weighted by molar-refractivity contribution is 5.30. The standard InChI is InChI=1S/C18H30N2O/c1-15-8-12-20(13-9-15)11-5-10-19-16(2)17-6-4-7-18(14-17)21-3/h4,6-7,14-16,19H,5,8-13H2,1-3H3. The molecule has 0 saturated carbocycles. The van der Waals surface area contributed by atoms with Crippen molar-refractivity contribution in [2.45, 2.75) is 39.2 Å². The highest BCUT2D eigenvalue weighted by Crippen LogP contribution is 2.19. The lowest BCUT2D eigenvalue weighted by Crippen LogP contribution is -2.35. The van der Waals surface area contributed by atoms with Crippen molar-refractivity contribution in [1.82, 2.24) is 10.2 Å². The van der Waals surface area contributed by atoms with Crippen LogP contribution in [0.4, 0.5) is 0 Å². The minimum absolute atomic E-state index is 0.376. The number of benzene rings is 1. The fraction of sp³-hybridized carbons (Fsp3) is 0.667. The van der Waals surface area contributed by atoms with Crippen LogP contribution in [-0.4, -0.2) is 38.2 Å². The lowest BCUT2D eigenvalue weighted by molar-refractivity contribution is 0.190. The zero-order valence-electron chi connectivity index (χ0n) is 13.8. The number of hydrogen-bond acceptors (Lipinski definition) is 3. The average molecular weight is 290 g/mol. The van der Waals surface area contributed by atoms with Gasteiger partial charge in [-0.2, -0.15) is 0 Å². The molecular formula is C18H30N2O. The van der Waals surface area contributed by atoms with Gasteiger partial charge in [0.05, 0.1) is 7.11 Å². The Morgan fingerprint density at radius 3 is 2.81 bits per heavy atom. The summed E-state index contributed by atoms with van der Waals surface area (Å²) >= 11 is 0. The van der Waals surface area contributed by atoms with Gasteiger partial charge < -0.3 is 15.0 Å². The molecule has 1 saturated heterocycles. The Kier molecular flexibility index (Phi) is 6.52. The van der Waals surface area contributed by atoms with E-state index in [-0.39, 0.29) is 0 Å². The van der Waals surface area contributed by atoms with E-state index < -0.39 is 0 Å². The van der Waals surface area contributed by atoms with E-state index in [1.54, 1.807) is 7.11 Å². The number of rotatable bonds is 7. The Labute approximate surface area is 129 Å². The molecule has 1 aliphatic rings. The molecule has 1 atom stereocenters. The highest BCUT2D eigenvalue weighted by Gasteiger charge is 2.14. The van der Waals surface area contributed by atoms with E-state index in [9.17, 15) is 0 Å². The van der Waals surface area contributed by atoms with Gasteiger partial charge in [-0.1, -0.05) is 19.1 Å². The van der Waals surface area contributed by atoms with Gasteiger partial charge in [-0.15, -0.1) is 0 Å². The Bertz CT molecular complexity index is 413. The van der Waals surface area contributed by atoms with Crippen LogP contribution in [0.3, 0.4) is 0 Å². The van der Waals surface area contributed by atoms with Crippen LogP contribution >= 0.6 is 0 Å². The minimum Gasteiger partial charge on any atom is -0.497 e. The van der Waals surface area contributed by atoms with Crippen LogP contribution in [0.1, 0.15) is 44.7 Å². The van der Waals surface area contributed by atoms with Crippen LogP contribution in [0.15, 0.2) is 24.3 Å². The van der Waals surface area contributed by atoms with Crippen LogP contribution in [0.25, 0.3) is 0 Å². The largest absolute Gasteiger partial charge is 0.497 e. The van der Waals surface area contributed by atoms with Gasteiger partial charge >= 0.3 is 0 Å². The topological polar surface area (TPSA) is 24.5 Å². The smallest absolute Gasteiger partial charge is 0.119 e. The summed E-state index contributed by atoms with van der Waals surface area (Å²) in [5.74, 6) is 1.86. The summed E-state index contributed by atoms with van der Waals surface area (Å²) in [7, 11) is 1.72. The number of hydrogen-bond donors (Lipinski definition) is 1. The Morgan fingerprint density at radius 1 is 1.33 bits per heavy atom. The normalized spacial score (nSPS) is 18.6. The number of likely N-dealkylation sites (tertiary alicyclic amines) is 1. The molecule has 1 unspecified atom stereocenters. The summed E-state index contributed by atoms with van der Waals surface area (Å²) in [5.41, 5.74) is 1.29. The van der Waals surface area contributed by atoms with Gasteiger partial charge in [-0.3, -0.25) is 0 Å². The van der Waals surface area contributed by atoms with E-state index in [0.717, 1.165) is 18.2 Å². The van der Waals surface area contributed by atoms with Gasteiger partial charge in [0.25, 0.3) is 0 Å². The maximum atomic E-state index is 5.28. The third-order valence-electron chi connectivity index (χ3n) is 4.57. The predicted octanol–water partition coefficient (Wildman–Crippen LogP) is 3.47. The molecule has 1 heterocycles. The van der Waals surface area contributed by atoms with Crippen LogP contribution in [-0.2, 0) is 0 Å². The molecule has 1 aromatic carbocycles.